The average molecular weight is 1160 g/mol. The van der Waals surface area contributed by atoms with Gasteiger partial charge in [-0.3, -0.25) is 9.59 Å². The van der Waals surface area contributed by atoms with E-state index in [0.717, 1.165) is 38.5 Å². The molecule has 0 aromatic carbocycles. The first-order valence-corrected chi connectivity index (χ1v) is 37.6. The molecule has 486 valence electrons. The number of amides is 1. The van der Waals surface area contributed by atoms with Crippen molar-refractivity contribution < 1.29 is 24.5 Å². The number of allylic oxidation sites excluding steroid dienone is 3. The molecule has 2 unspecified atom stereocenters. The summed E-state index contributed by atoms with van der Waals surface area (Å²) in [5.41, 5.74) is 0. The van der Waals surface area contributed by atoms with E-state index in [0.29, 0.717) is 19.4 Å². The van der Waals surface area contributed by atoms with Gasteiger partial charge in [0.2, 0.25) is 5.91 Å². The third-order valence-corrected chi connectivity index (χ3v) is 17.7. The Hall–Kier alpha value is -1.66. The van der Waals surface area contributed by atoms with Gasteiger partial charge in [0.25, 0.3) is 0 Å². The maximum Gasteiger partial charge on any atom is 0.305 e. The van der Waals surface area contributed by atoms with Crippen LogP contribution in [0.15, 0.2) is 24.3 Å². The lowest BCUT2D eigenvalue weighted by atomic mass is 10.0. The zero-order chi connectivity index (χ0) is 59.2. The molecule has 1 amide bonds. The van der Waals surface area contributed by atoms with E-state index in [9.17, 15) is 19.8 Å². The smallest absolute Gasteiger partial charge is 0.305 e. The monoisotopic (exact) mass is 1150 g/mol. The summed E-state index contributed by atoms with van der Waals surface area (Å²) in [7, 11) is 0. The van der Waals surface area contributed by atoms with E-state index in [1.54, 1.807) is 6.08 Å². The molecule has 0 aliphatic rings. The molecule has 6 nitrogen and oxygen atoms in total. The largest absolute Gasteiger partial charge is 0.466 e. The lowest BCUT2D eigenvalue weighted by Gasteiger charge is -2.20. The summed E-state index contributed by atoms with van der Waals surface area (Å²) < 4.78 is 5.52. The number of ether oxygens (including phenoxy) is 1. The first kappa shape index (κ1) is 80.3. The van der Waals surface area contributed by atoms with E-state index >= 15 is 0 Å². The summed E-state index contributed by atoms with van der Waals surface area (Å²) in [6, 6.07) is -0.630. The summed E-state index contributed by atoms with van der Waals surface area (Å²) >= 11 is 0. The lowest BCUT2D eigenvalue weighted by molar-refractivity contribution is -0.143. The predicted octanol–water partition coefficient (Wildman–Crippen LogP) is 24.5. The molecule has 0 aliphatic heterocycles. The van der Waals surface area contributed by atoms with Crippen molar-refractivity contribution in [1.82, 2.24) is 5.32 Å². The standard InChI is InChI=1S/C76H147NO5/c1-3-5-7-9-11-13-15-17-19-21-23-33-36-40-44-48-52-56-60-64-68-74(79)73(72-78)77-75(80)69-65-61-57-53-49-45-41-37-34-30-28-26-24-25-27-29-31-35-39-43-47-51-55-59-63-67-71-82-76(81)70-66-62-58-54-50-46-42-38-32-22-20-18-16-14-12-10-8-6-4-2/h24,26,64,68,73-74,78-79H,3-23,25,27-63,65-67,69-72H2,1-2H3,(H,77,80)/b26-24-,68-64+. The molecule has 6 heteroatoms. The number of aliphatic hydroxyl groups is 2. The predicted molar refractivity (Wildman–Crippen MR) is 361 cm³/mol. The van der Waals surface area contributed by atoms with Gasteiger partial charge < -0.3 is 20.3 Å². The second kappa shape index (κ2) is 71.8. The number of carbonyl (C=O) groups excluding carboxylic acids is 2. The number of carbonyl (C=O) groups is 2. The van der Waals surface area contributed by atoms with Gasteiger partial charge in [0.1, 0.15) is 0 Å². The van der Waals surface area contributed by atoms with E-state index in [-0.39, 0.29) is 18.5 Å². The quantitative estimate of drug-likeness (QED) is 0.0320. The Morgan fingerprint density at radius 2 is 0.573 bits per heavy atom. The summed E-state index contributed by atoms with van der Waals surface area (Å²) in [5.74, 6) is -0.0460. The average Bonchev–Trinajstić information content (AvgIpc) is 3.48. The molecule has 0 aromatic heterocycles. The minimum Gasteiger partial charge on any atom is -0.466 e. The zero-order valence-corrected chi connectivity index (χ0v) is 55.8. The van der Waals surface area contributed by atoms with Crippen LogP contribution >= 0.6 is 0 Å². The molecule has 0 saturated carbocycles. The molecule has 0 rings (SSSR count). The van der Waals surface area contributed by atoms with E-state index < -0.39 is 12.1 Å². The molecule has 0 saturated heterocycles. The zero-order valence-electron chi connectivity index (χ0n) is 55.8. The third kappa shape index (κ3) is 67.5. The van der Waals surface area contributed by atoms with Crippen molar-refractivity contribution in [2.75, 3.05) is 13.2 Å². The molecule has 0 bridgehead atoms. The van der Waals surface area contributed by atoms with Crippen LogP contribution in [-0.2, 0) is 14.3 Å². The number of hydrogen-bond acceptors (Lipinski definition) is 5. The number of rotatable bonds is 71. The fraction of sp³-hybridized carbons (Fsp3) is 0.921. The van der Waals surface area contributed by atoms with Crippen molar-refractivity contribution in [2.24, 2.45) is 0 Å². The molecule has 0 aromatic rings. The van der Waals surface area contributed by atoms with E-state index in [1.807, 2.05) is 6.08 Å². The maximum absolute atomic E-state index is 12.5. The van der Waals surface area contributed by atoms with Crippen LogP contribution in [0.3, 0.4) is 0 Å². The molecular formula is C76H147NO5. The molecule has 3 N–H and O–H groups in total. The third-order valence-electron chi connectivity index (χ3n) is 17.7. The molecule has 0 fully saturated rings. The van der Waals surface area contributed by atoms with Gasteiger partial charge in [-0.15, -0.1) is 0 Å². The number of nitrogens with one attached hydrogen (secondary N) is 1. The van der Waals surface area contributed by atoms with Crippen molar-refractivity contribution in [3.63, 3.8) is 0 Å². The van der Waals surface area contributed by atoms with Crippen molar-refractivity contribution in [2.45, 2.75) is 437 Å². The Bertz CT molecular complexity index is 1280. The van der Waals surface area contributed by atoms with Crippen LogP contribution in [0.2, 0.25) is 0 Å². The fourth-order valence-corrected chi connectivity index (χ4v) is 12.0. The van der Waals surface area contributed by atoms with E-state index in [4.69, 9.17) is 4.74 Å². The Morgan fingerprint density at radius 3 is 0.866 bits per heavy atom. The Morgan fingerprint density at radius 1 is 0.329 bits per heavy atom. The van der Waals surface area contributed by atoms with Crippen LogP contribution in [0.5, 0.6) is 0 Å². The number of aliphatic hydroxyl groups excluding tert-OH is 2. The van der Waals surface area contributed by atoms with Gasteiger partial charge in [-0.25, -0.2) is 0 Å². The summed E-state index contributed by atoms with van der Waals surface area (Å²) in [4.78, 5) is 24.7. The molecule has 0 aliphatic carbocycles. The van der Waals surface area contributed by atoms with Crippen LogP contribution in [0.25, 0.3) is 0 Å². The highest BCUT2D eigenvalue weighted by molar-refractivity contribution is 5.76. The molecule has 0 spiro atoms. The highest BCUT2D eigenvalue weighted by Crippen LogP contribution is 2.19. The summed E-state index contributed by atoms with van der Waals surface area (Å²) in [6.45, 7) is 4.95. The Balaban J connectivity index is 3.39. The first-order chi connectivity index (χ1) is 40.5. The minimum atomic E-state index is -0.846. The van der Waals surface area contributed by atoms with Crippen molar-refractivity contribution in [3.8, 4) is 0 Å². The van der Waals surface area contributed by atoms with Crippen molar-refractivity contribution in [3.05, 3.63) is 24.3 Å². The van der Waals surface area contributed by atoms with Gasteiger partial charge in [-0.2, -0.15) is 0 Å². The summed E-state index contributed by atoms with van der Waals surface area (Å²) in [5, 5.41) is 23.3. The number of unbranched alkanes of at least 4 members (excludes halogenated alkanes) is 58. The van der Waals surface area contributed by atoms with Crippen molar-refractivity contribution in [1.29, 1.82) is 0 Å². The Labute approximate surface area is 513 Å². The first-order valence-electron chi connectivity index (χ1n) is 37.6. The Kier molecular flexibility index (Phi) is 70.4. The molecule has 0 heterocycles. The van der Waals surface area contributed by atoms with Gasteiger partial charge in [0.15, 0.2) is 0 Å². The van der Waals surface area contributed by atoms with Crippen LogP contribution in [0.1, 0.15) is 425 Å². The van der Waals surface area contributed by atoms with Crippen LogP contribution in [0.4, 0.5) is 0 Å². The summed E-state index contributed by atoms with van der Waals surface area (Å²) in [6.07, 6.45) is 91.3. The molecule has 2 atom stereocenters. The van der Waals surface area contributed by atoms with Crippen LogP contribution < -0.4 is 5.32 Å². The molecule has 82 heavy (non-hydrogen) atoms. The SMILES string of the molecule is CCCCCCCCCCCCCCCCCCCC/C=C/C(O)C(CO)NC(=O)CCCCCCCCCCCC/C=C\CCCCCCCCCCCCCCOC(=O)CCCCCCCCCCCCCCCCCCCCC. The minimum absolute atomic E-state index is 0.0197. The molecule has 0 radical (unpaired) electrons. The van der Waals surface area contributed by atoms with Gasteiger partial charge in [-0.05, 0) is 57.8 Å². The highest BCUT2D eigenvalue weighted by atomic mass is 16.5. The lowest BCUT2D eigenvalue weighted by Crippen LogP contribution is -2.45. The van der Waals surface area contributed by atoms with Crippen LogP contribution in [-0.4, -0.2) is 47.4 Å². The van der Waals surface area contributed by atoms with Gasteiger partial charge in [0, 0.05) is 12.8 Å². The normalized spacial score (nSPS) is 12.6. The molecular weight excluding hydrogens is 1010 g/mol. The van der Waals surface area contributed by atoms with Gasteiger partial charge in [-0.1, -0.05) is 378 Å². The topological polar surface area (TPSA) is 95.9 Å². The van der Waals surface area contributed by atoms with E-state index in [2.05, 4.69) is 31.3 Å². The number of hydrogen-bond donors (Lipinski definition) is 3. The number of esters is 1. The fourth-order valence-electron chi connectivity index (χ4n) is 12.0. The van der Waals surface area contributed by atoms with Gasteiger partial charge >= 0.3 is 5.97 Å². The van der Waals surface area contributed by atoms with E-state index in [1.165, 1.54) is 360 Å². The van der Waals surface area contributed by atoms with Crippen LogP contribution in [0, 0.1) is 0 Å². The maximum atomic E-state index is 12.5. The van der Waals surface area contributed by atoms with Gasteiger partial charge in [0.05, 0.1) is 25.4 Å². The second-order valence-corrected chi connectivity index (χ2v) is 26.0. The highest BCUT2D eigenvalue weighted by Gasteiger charge is 2.18. The second-order valence-electron chi connectivity index (χ2n) is 26.0. The van der Waals surface area contributed by atoms with Crippen molar-refractivity contribution >= 4 is 11.9 Å².